The summed E-state index contributed by atoms with van der Waals surface area (Å²) in [6.45, 7) is 6.14. The summed E-state index contributed by atoms with van der Waals surface area (Å²) >= 11 is 0. The van der Waals surface area contributed by atoms with Gasteiger partial charge in [-0.3, -0.25) is 5.10 Å². The average molecular weight is 498 g/mol. The Labute approximate surface area is 207 Å². The number of halogens is 3. The minimum Gasteiger partial charge on any atom is -0.320 e. The van der Waals surface area contributed by atoms with Crippen LogP contribution in [0.1, 0.15) is 68.7 Å². The van der Waals surface area contributed by atoms with E-state index in [1.807, 2.05) is 50.6 Å². The molecule has 0 amide bonds. The summed E-state index contributed by atoms with van der Waals surface area (Å²) in [7, 11) is 1.94. The number of fused-ring (bicyclic) bond motifs is 1. The molecule has 7 nitrogen and oxygen atoms in total. The van der Waals surface area contributed by atoms with Crippen molar-refractivity contribution in [2.24, 2.45) is 13.0 Å². The molecule has 1 saturated carbocycles. The van der Waals surface area contributed by atoms with Crippen LogP contribution in [0.5, 0.6) is 0 Å². The first-order valence-corrected chi connectivity index (χ1v) is 12.3. The van der Waals surface area contributed by atoms with E-state index in [0.29, 0.717) is 29.1 Å². The Morgan fingerprint density at radius 3 is 2.58 bits per heavy atom. The molecule has 3 heterocycles. The monoisotopic (exact) mass is 497 g/mol. The lowest BCUT2D eigenvalue weighted by molar-refractivity contribution is -0.141. The molecule has 0 aliphatic heterocycles. The number of alkyl halides is 3. The number of hydrogen-bond donors (Lipinski definition) is 2. The fourth-order valence-electron chi connectivity index (χ4n) is 5.22. The van der Waals surface area contributed by atoms with Crippen LogP contribution < -0.4 is 5.32 Å². The zero-order valence-electron chi connectivity index (χ0n) is 20.8. The van der Waals surface area contributed by atoms with Gasteiger partial charge in [-0.05, 0) is 56.8 Å². The maximum Gasteiger partial charge on any atom is 0.433 e. The van der Waals surface area contributed by atoms with Gasteiger partial charge in [0.2, 0.25) is 0 Å². The van der Waals surface area contributed by atoms with Crippen molar-refractivity contribution in [3.63, 3.8) is 0 Å². The van der Waals surface area contributed by atoms with E-state index in [0.717, 1.165) is 35.9 Å². The van der Waals surface area contributed by atoms with Gasteiger partial charge in [0.25, 0.3) is 0 Å². The van der Waals surface area contributed by atoms with Crippen LogP contribution in [0, 0.1) is 5.92 Å². The predicted octanol–water partition coefficient (Wildman–Crippen LogP) is 5.55. The van der Waals surface area contributed by atoms with Crippen LogP contribution in [0.4, 0.5) is 13.2 Å². The fraction of sp³-hybridized carbons (Fsp3) is 0.462. The summed E-state index contributed by atoms with van der Waals surface area (Å²) < 4.78 is 43.6. The van der Waals surface area contributed by atoms with Crippen LogP contribution in [0.2, 0.25) is 0 Å². The molecule has 10 heteroatoms. The Bertz CT molecular complexity index is 1380. The first-order valence-electron chi connectivity index (χ1n) is 12.3. The van der Waals surface area contributed by atoms with Gasteiger partial charge in [-0.2, -0.15) is 18.3 Å². The molecular weight excluding hydrogens is 467 g/mol. The third-order valence-electron chi connectivity index (χ3n) is 7.22. The molecule has 36 heavy (non-hydrogen) atoms. The summed E-state index contributed by atoms with van der Waals surface area (Å²) in [5, 5.41) is 19.6. The molecule has 0 saturated heterocycles. The van der Waals surface area contributed by atoms with Crippen molar-refractivity contribution in [1.82, 2.24) is 35.3 Å². The number of aryl methyl sites for hydroxylation is 1. The van der Waals surface area contributed by atoms with Crippen molar-refractivity contribution >= 4 is 10.9 Å². The Kier molecular flexibility index (Phi) is 6.10. The second-order valence-electron chi connectivity index (χ2n) is 10.1. The SMILES string of the molecule is CCNC(C)(C)c1nc(C(F)(F)F)cc2c(-c3cccc([C@H](c4nncn4C)C4CCC4)c3)n[nH]c12. The molecule has 1 atom stereocenters. The van der Waals surface area contributed by atoms with Crippen LogP contribution in [0.15, 0.2) is 36.7 Å². The minimum atomic E-state index is -4.58. The van der Waals surface area contributed by atoms with E-state index in [1.165, 1.54) is 6.42 Å². The summed E-state index contributed by atoms with van der Waals surface area (Å²) in [5.41, 5.74) is 1.34. The van der Waals surface area contributed by atoms with E-state index in [2.05, 4.69) is 36.8 Å². The Morgan fingerprint density at radius 1 is 1.19 bits per heavy atom. The van der Waals surface area contributed by atoms with E-state index in [-0.39, 0.29) is 11.6 Å². The molecule has 3 aromatic heterocycles. The summed E-state index contributed by atoms with van der Waals surface area (Å²) in [4.78, 5) is 4.02. The van der Waals surface area contributed by atoms with Crippen molar-refractivity contribution in [2.75, 3.05) is 6.54 Å². The lowest BCUT2D eigenvalue weighted by Gasteiger charge is -2.33. The van der Waals surface area contributed by atoms with Gasteiger partial charge >= 0.3 is 6.18 Å². The first-order chi connectivity index (χ1) is 17.1. The van der Waals surface area contributed by atoms with Crippen LogP contribution in [0.3, 0.4) is 0 Å². The van der Waals surface area contributed by atoms with Crippen molar-refractivity contribution in [2.45, 2.75) is 57.7 Å². The normalized spacial score (nSPS) is 15.9. The van der Waals surface area contributed by atoms with Gasteiger partial charge in [-0.25, -0.2) is 4.98 Å². The largest absolute Gasteiger partial charge is 0.433 e. The number of nitrogens with zero attached hydrogens (tertiary/aromatic N) is 5. The molecule has 4 aromatic rings. The summed E-state index contributed by atoms with van der Waals surface area (Å²) in [6.07, 6.45) is 0.515. The molecular formula is C26H30F3N7. The molecule has 0 unspecified atom stereocenters. The highest BCUT2D eigenvalue weighted by Gasteiger charge is 2.37. The molecule has 5 rings (SSSR count). The van der Waals surface area contributed by atoms with Gasteiger partial charge in [0.15, 0.2) is 0 Å². The Morgan fingerprint density at radius 2 is 1.97 bits per heavy atom. The number of H-pyrrole nitrogens is 1. The topological polar surface area (TPSA) is 84.3 Å². The highest BCUT2D eigenvalue weighted by molar-refractivity contribution is 5.94. The number of pyridine rings is 1. The number of aromatic nitrogens is 6. The van der Waals surface area contributed by atoms with Crippen molar-refractivity contribution in [1.29, 1.82) is 0 Å². The highest BCUT2D eigenvalue weighted by atomic mass is 19.4. The van der Waals surface area contributed by atoms with E-state index < -0.39 is 17.4 Å². The van der Waals surface area contributed by atoms with Gasteiger partial charge in [0.05, 0.1) is 16.7 Å². The lowest BCUT2D eigenvalue weighted by atomic mass is 9.72. The highest BCUT2D eigenvalue weighted by Crippen LogP contribution is 2.44. The predicted molar refractivity (Wildman–Crippen MR) is 131 cm³/mol. The van der Waals surface area contributed by atoms with E-state index in [4.69, 9.17) is 0 Å². The Balaban J connectivity index is 1.66. The zero-order chi connectivity index (χ0) is 25.7. The van der Waals surface area contributed by atoms with Gasteiger partial charge in [-0.1, -0.05) is 31.5 Å². The molecule has 190 valence electrons. The quantitative estimate of drug-likeness (QED) is 0.350. The molecule has 0 radical (unpaired) electrons. The molecule has 1 aromatic carbocycles. The maximum absolute atomic E-state index is 13.9. The Hall–Kier alpha value is -3.27. The summed E-state index contributed by atoms with van der Waals surface area (Å²) in [5.74, 6) is 1.40. The summed E-state index contributed by atoms with van der Waals surface area (Å²) in [6, 6.07) is 8.99. The number of aromatic amines is 1. The van der Waals surface area contributed by atoms with E-state index in [9.17, 15) is 13.2 Å². The van der Waals surface area contributed by atoms with Crippen LogP contribution in [-0.4, -0.2) is 36.5 Å². The van der Waals surface area contributed by atoms with Gasteiger partial charge in [0.1, 0.15) is 23.5 Å². The van der Waals surface area contributed by atoms with E-state index in [1.54, 1.807) is 6.33 Å². The number of rotatable bonds is 7. The van der Waals surface area contributed by atoms with Crippen molar-refractivity contribution in [3.8, 4) is 11.3 Å². The van der Waals surface area contributed by atoms with Gasteiger partial charge in [0, 0.05) is 23.9 Å². The van der Waals surface area contributed by atoms with Crippen LogP contribution >= 0.6 is 0 Å². The molecule has 1 aliphatic rings. The third-order valence-corrected chi connectivity index (χ3v) is 7.22. The lowest BCUT2D eigenvalue weighted by Crippen LogP contribution is -2.37. The second-order valence-corrected chi connectivity index (χ2v) is 10.1. The molecule has 2 N–H and O–H groups in total. The zero-order valence-corrected chi connectivity index (χ0v) is 20.8. The average Bonchev–Trinajstić information content (AvgIpc) is 3.41. The van der Waals surface area contributed by atoms with Crippen molar-refractivity contribution in [3.05, 3.63) is 59.4 Å². The second kappa shape index (κ2) is 8.99. The molecule has 1 fully saturated rings. The van der Waals surface area contributed by atoms with Gasteiger partial charge < -0.3 is 9.88 Å². The smallest absolute Gasteiger partial charge is 0.320 e. The molecule has 0 spiro atoms. The van der Waals surface area contributed by atoms with Crippen molar-refractivity contribution < 1.29 is 13.2 Å². The van der Waals surface area contributed by atoms with Crippen LogP contribution in [-0.2, 0) is 18.8 Å². The van der Waals surface area contributed by atoms with Gasteiger partial charge in [-0.15, -0.1) is 10.2 Å². The standard InChI is InChI=1S/C26H30F3N7/c1-5-30-25(2,3)23-22-18(13-19(32-23)26(27,28)29)21(33-34-22)17-11-7-10-16(12-17)20(15-8-6-9-15)24-35-31-14-36(24)4/h7,10-15,20,30H,5-6,8-9H2,1-4H3,(H,33,34)/t20-/m1/s1. The third kappa shape index (κ3) is 4.27. The maximum atomic E-state index is 13.9. The van der Waals surface area contributed by atoms with E-state index >= 15 is 0 Å². The molecule has 0 bridgehead atoms. The van der Waals surface area contributed by atoms with Crippen LogP contribution in [0.25, 0.3) is 22.2 Å². The number of benzene rings is 1. The number of nitrogens with one attached hydrogen (secondary N) is 2. The molecule has 1 aliphatic carbocycles. The minimum absolute atomic E-state index is 0.0621. The fourth-order valence-corrected chi connectivity index (χ4v) is 5.22. The first kappa shape index (κ1) is 24.4. The number of hydrogen-bond acceptors (Lipinski definition) is 5.